The van der Waals surface area contributed by atoms with E-state index in [9.17, 15) is 0 Å². The Balaban J connectivity index is 4.12. The van der Waals surface area contributed by atoms with E-state index in [0.717, 1.165) is 12.5 Å². The molecule has 2 nitrogen and oxygen atoms in total. The van der Waals surface area contributed by atoms with Crippen LogP contribution in [-0.2, 0) is 4.43 Å². The second kappa shape index (κ2) is 8.55. The highest BCUT2D eigenvalue weighted by Gasteiger charge is 2.36. The maximum atomic E-state index is 6.27. The van der Waals surface area contributed by atoms with Gasteiger partial charge in [0.15, 0.2) is 8.32 Å². The lowest BCUT2D eigenvalue weighted by Crippen LogP contribution is -2.41. The molecule has 0 aromatic rings. The maximum Gasteiger partial charge on any atom is 0.191 e. The lowest BCUT2D eigenvalue weighted by Gasteiger charge is -2.36. The van der Waals surface area contributed by atoms with E-state index in [0.29, 0.717) is 17.1 Å². The zero-order valence-corrected chi connectivity index (χ0v) is 16.5. The molecule has 0 rings (SSSR count). The highest BCUT2D eigenvalue weighted by atomic mass is 28.4. The standard InChI is InChI=1S/C17H39NOSi/c1-14(2)13-16(18-15(3)4)11-10-12-19-20(8,9)17(5,6)7/h14-16,18H,10-13H2,1-9H3/t16-/m0/s1. The minimum absolute atomic E-state index is 0.320. The quantitative estimate of drug-likeness (QED) is 0.467. The second-order valence-electron chi connectivity index (χ2n) is 8.40. The van der Waals surface area contributed by atoms with E-state index >= 15 is 0 Å². The van der Waals surface area contributed by atoms with Gasteiger partial charge in [-0.25, -0.2) is 0 Å². The van der Waals surface area contributed by atoms with Crippen LogP contribution < -0.4 is 5.32 Å². The molecular weight excluding hydrogens is 262 g/mol. The zero-order chi connectivity index (χ0) is 16.0. The molecule has 0 unspecified atom stereocenters. The Labute approximate surface area is 129 Å². The largest absolute Gasteiger partial charge is 0.417 e. The molecule has 122 valence electrons. The number of hydrogen-bond acceptors (Lipinski definition) is 2. The first-order valence-electron chi connectivity index (χ1n) is 8.35. The first-order valence-corrected chi connectivity index (χ1v) is 11.3. The summed E-state index contributed by atoms with van der Waals surface area (Å²) < 4.78 is 6.27. The average molecular weight is 302 g/mol. The van der Waals surface area contributed by atoms with E-state index < -0.39 is 8.32 Å². The van der Waals surface area contributed by atoms with E-state index in [-0.39, 0.29) is 0 Å². The van der Waals surface area contributed by atoms with Crippen LogP contribution in [0.5, 0.6) is 0 Å². The van der Waals surface area contributed by atoms with Gasteiger partial charge in [0.25, 0.3) is 0 Å². The Morgan fingerprint density at radius 2 is 1.60 bits per heavy atom. The van der Waals surface area contributed by atoms with Crippen LogP contribution in [0.4, 0.5) is 0 Å². The summed E-state index contributed by atoms with van der Waals surface area (Å²) in [7, 11) is -1.56. The summed E-state index contributed by atoms with van der Waals surface area (Å²) in [6, 6.07) is 1.21. The third kappa shape index (κ3) is 8.43. The molecule has 0 fully saturated rings. The van der Waals surface area contributed by atoms with Crippen molar-refractivity contribution in [2.75, 3.05) is 6.61 Å². The number of rotatable bonds is 9. The van der Waals surface area contributed by atoms with Crippen LogP contribution in [0.15, 0.2) is 0 Å². The topological polar surface area (TPSA) is 21.3 Å². The highest BCUT2D eigenvalue weighted by Crippen LogP contribution is 2.36. The fourth-order valence-electron chi connectivity index (χ4n) is 2.18. The molecule has 0 aromatic heterocycles. The molecule has 0 bridgehead atoms. The molecule has 20 heavy (non-hydrogen) atoms. The van der Waals surface area contributed by atoms with Gasteiger partial charge in [0, 0.05) is 18.7 Å². The van der Waals surface area contributed by atoms with E-state index in [1.807, 2.05) is 0 Å². The molecule has 0 saturated carbocycles. The molecule has 0 spiro atoms. The van der Waals surface area contributed by atoms with Crippen LogP contribution in [0.2, 0.25) is 18.1 Å². The summed E-state index contributed by atoms with van der Waals surface area (Å²) in [6.07, 6.45) is 3.66. The van der Waals surface area contributed by atoms with E-state index in [4.69, 9.17) is 4.43 Å². The lowest BCUT2D eigenvalue weighted by molar-refractivity contribution is 0.262. The van der Waals surface area contributed by atoms with Gasteiger partial charge in [0.05, 0.1) is 0 Å². The third-order valence-corrected chi connectivity index (χ3v) is 8.83. The van der Waals surface area contributed by atoms with Crippen molar-refractivity contribution in [3.05, 3.63) is 0 Å². The zero-order valence-electron chi connectivity index (χ0n) is 15.5. The molecule has 0 aliphatic rings. The van der Waals surface area contributed by atoms with Gasteiger partial charge in [-0.15, -0.1) is 0 Å². The van der Waals surface area contributed by atoms with Gasteiger partial charge in [-0.05, 0) is 43.3 Å². The average Bonchev–Trinajstić information content (AvgIpc) is 2.20. The molecule has 1 atom stereocenters. The van der Waals surface area contributed by atoms with E-state index in [2.05, 4.69) is 66.9 Å². The lowest BCUT2D eigenvalue weighted by atomic mass is 9.99. The summed E-state index contributed by atoms with van der Waals surface area (Å²) in [5.41, 5.74) is 0. The Hall–Kier alpha value is 0.137. The van der Waals surface area contributed by atoms with Crippen molar-refractivity contribution in [2.45, 2.75) is 97.9 Å². The molecule has 1 N–H and O–H groups in total. The molecule has 0 radical (unpaired) electrons. The predicted molar refractivity (Wildman–Crippen MR) is 93.9 cm³/mol. The van der Waals surface area contributed by atoms with Gasteiger partial charge >= 0.3 is 0 Å². The van der Waals surface area contributed by atoms with Crippen molar-refractivity contribution in [3.63, 3.8) is 0 Å². The summed E-state index contributed by atoms with van der Waals surface area (Å²) >= 11 is 0. The van der Waals surface area contributed by atoms with Crippen LogP contribution >= 0.6 is 0 Å². The second-order valence-corrected chi connectivity index (χ2v) is 13.2. The third-order valence-electron chi connectivity index (χ3n) is 4.29. The molecular formula is C17H39NOSi. The summed E-state index contributed by atoms with van der Waals surface area (Å²) in [5, 5.41) is 4.01. The van der Waals surface area contributed by atoms with Crippen molar-refractivity contribution in [2.24, 2.45) is 5.92 Å². The summed E-state index contributed by atoms with van der Waals surface area (Å²) in [4.78, 5) is 0. The molecule has 0 aromatic carbocycles. The van der Waals surface area contributed by atoms with Gasteiger partial charge in [-0.1, -0.05) is 48.5 Å². The Morgan fingerprint density at radius 1 is 1.05 bits per heavy atom. The highest BCUT2D eigenvalue weighted by molar-refractivity contribution is 6.74. The Bertz CT molecular complexity index is 246. The minimum Gasteiger partial charge on any atom is -0.417 e. The van der Waals surface area contributed by atoms with Crippen LogP contribution in [0, 0.1) is 5.92 Å². The van der Waals surface area contributed by atoms with Crippen molar-refractivity contribution in [1.82, 2.24) is 5.32 Å². The SMILES string of the molecule is CC(C)C[C@H](CCCO[Si](C)(C)C(C)(C)C)NC(C)C. The van der Waals surface area contributed by atoms with E-state index in [1.165, 1.54) is 19.3 Å². The van der Waals surface area contributed by atoms with Crippen molar-refractivity contribution < 1.29 is 4.43 Å². The number of nitrogens with one attached hydrogen (secondary N) is 1. The Kier molecular flexibility index (Phi) is 8.61. The summed E-state index contributed by atoms with van der Waals surface area (Å²) in [6.45, 7) is 21.6. The van der Waals surface area contributed by atoms with Crippen molar-refractivity contribution in [1.29, 1.82) is 0 Å². The molecule has 0 aliphatic heterocycles. The molecule has 0 saturated heterocycles. The smallest absolute Gasteiger partial charge is 0.191 e. The van der Waals surface area contributed by atoms with Crippen LogP contribution in [0.3, 0.4) is 0 Å². The first-order chi connectivity index (χ1) is 8.95. The molecule has 0 heterocycles. The van der Waals surface area contributed by atoms with Crippen molar-refractivity contribution >= 4 is 8.32 Å². The van der Waals surface area contributed by atoms with Gasteiger partial charge < -0.3 is 9.74 Å². The van der Waals surface area contributed by atoms with Crippen LogP contribution in [0.25, 0.3) is 0 Å². The number of hydrogen-bond donors (Lipinski definition) is 1. The normalized spacial score (nSPS) is 15.2. The fourth-order valence-corrected chi connectivity index (χ4v) is 3.27. The van der Waals surface area contributed by atoms with Crippen LogP contribution in [0.1, 0.15) is 67.7 Å². The van der Waals surface area contributed by atoms with Gasteiger partial charge in [0.1, 0.15) is 0 Å². The first kappa shape index (κ1) is 20.1. The predicted octanol–water partition coefficient (Wildman–Crippen LogP) is 5.20. The van der Waals surface area contributed by atoms with Gasteiger partial charge in [-0.2, -0.15) is 0 Å². The molecule has 0 aliphatic carbocycles. The van der Waals surface area contributed by atoms with Gasteiger partial charge in [0.2, 0.25) is 0 Å². The van der Waals surface area contributed by atoms with Crippen molar-refractivity contribution in [3.8, 4) is 0 Å². The molecule has 0 amide bonds. The van der Waals surface area contributed by atoms with Crippen LogP contribution in [-0.4, -0.2) is 27.0 Å². The van der Waals surface area contributed by atoms with E-state index in [1.54, 1.807) is 0 Å². The van der Waals surface area contributed by atoms with Gasteiger partial charge in [-0.3, -0.25) is 0 Å². The maximum absolute atomic E-state index is 6.27. The minimum atomic E-state index is -1.56. The monoisotopic (exact) mass is 301 g/mol. The fraction of sp³-hybridized carbons (Fsp3) is 1.00. The molecule has 3 heteroatoms. The summed E-state index contributed by atoms with van der Waals surface area (Å²) in [5.74, 6) is 0.757. The Morgan fingerprint density at radius 3 is 2.00 bits per heavy atom.